The Kier molecular flexibility index (Phi) is 5.25. The molecule has 20 heavy (non-hydrogen) atoms. The van der Waals surface area contributed by atoms with Gasteiger partial charge < -0.3 is 14.7 Å². The summed E-state index contributed by atoms with van der Waals surface area (Å²) < 4.78 is 6.72. The van der Waals surface area contributed by atoms with Gasteiger partial charge in [0.2, 0.25) is 0 Å². The molecular weight excluding hydrogens is 324 g/mol. The van der Waals surface area contributed by atoms with Gasteiger partial charge in [0.1, 0.15) is 12.4 Å². The fourth-order valence-corrected chi connectivity index (χ4v) is 2.58. The standard InChI is InChI=1S/C14H19BrN2O3/c1-11-10-17(14(18)19)7-6-16(11)8-9-20-13-4-2-12(15)3-5-13/h2-5,11H,6-10H2,1H3,(H,18,19). The summed E-state index contributed by atoms with van der Waals surface area (Å²) in [6.07, 6.45) is -0.831. The predicted molar refractivity (Wildman–Crippen MR) is 80.3 cm³/mol. The number of ether oxygens (including phenoxy) is 1. The molecule has 1 unspecified atom stereocenters. The molecule has 0 radical (unpaired) electrons. The first-order chi connectivity index (χ1) is 9.56. The summed E-state index contributed by atoms with van der Waals surface area (Å²) in [7, 11) is 0. The van der Waals surface area contributed by atoms with Crippen LogP contribution >= 0.6 is 15.9 Å². The highest BCUT2D eigenvalue weighted by molar-refractivity contribution is 9.10. The molecule has 1 aromatic carbocycles. The largest absolute Gasteiger partial charge is 0.492 e. The van der Waals surface area contributed by atoms with Crippen LogP contribution < -0.4 is 4.74 Å². The molecule has 1 saturated heterocycles. The number of carbonyl (C=O) groups is 1. The normalized spacial score (nSPS) is 19.9. The Morgan fingerprint density at radius 2 is 2.10 bits per heavy atom. The molecule has 110 valence electrons. The lowest BCUT2D eigenvalue weighted by Gasteiger charge is -2.38. The van der Waals surface area contributed by atoms with Crippen LogP contribution in [0.15, 0.2) is 28.7 Å². The van der Waals surface area contributed by atoms with Gasteiger partial charge >= 0.3 is 6.09 Å². The van der Waals surface area contributed by atoms with Gasteiger partial charge in [-0.25, -0.2) is 4.79 Å². The van der Waals surface area contributed by atoms with Gasteiger partial charge in [-0.3, -0.25) is 4.90 Å². The number of carboxylic acid groups (broad SMARTS) is 1. The van der Waals surface area contributed by atoms with Crippen molar-refractivity contribution in [1.82, 2.24) is 9.80 Å². The smallest absolute Gasteiger partial charge is 0.407 e. The van der Waals surface area contributed by atoms with E-state index in [0.717, 1.165) is 23.3 Å². The van der Waals surface area contributed by atoms with E-state index in [0.29, 0.717) is 19.7 Å². The Morgan fingerprint density at radius 1 is 1.40 bits per heavy atom. The van der Waals surface area contributed by atoms with E-state index in [4.69, 9.17) is 9.84 Å². The maximum atomic E-state index is 10.9. The molecule has 0 aromatic heterocycles. The van der Waals surface area contributed by atoms with Crippen LogP contribution in [0.25, 0.3) is 0 Å². The van der Waals surface area contributed by atoms with Crippen LogP contribution in [0.1, 0.15) is 6.92 Å². The van der Waals surface area contributed by atoms with E-state index >= 15 is 0 Å². The molecule has 0 spiro atoms. The second-order valence-corrected chi connectivity index (χ2v) is 5.83. The lowest BCUT2D eigenvalue weighted by Crippen LogP contribution is -2.54. The zero-order valence-electron chi connectivity index (χ0n) is 11.5. The van der Waals surface area contributed by atoms with Gasteiger partial charge in [-0.05, 0) is 31.2 Å². The van der Waals surface area contributed by atoms with Crippen molar-refractivity contribution < 1.29 is 14.6 Å². The summed E-state index contributed by atoms with van der Waals surface area (Å²) in [5.74, 6) is 0.852. The average molecular weight is 343 g/mol. The van der Waals surface area contributed by atoms with E-state index in [1.54, 1.807) is 0 Å². The SMILES string of the molecule is CC1CN(C(=O)O)CCN1CCOc1ccc(Br)cc1. The zero-order valence-corrected chi connectivity index (χ0v) is 13.0. The van der Waals surface area contributed by atoms with Crippen molar-refractivity contribution in [3.05, 3.63) is 28.7 Å². The van der Waals surface area contributed by atoms with E-state index in [9.17, 15) is 4.79 Å². The third-order valence-electron chi connectivity index (χ3n) is 3.50. The molecule has 1 aliphatic rings. The molecule has 1 aromatic rings. The fraction of sp³-hybridized carbons (Fsp3) is 0.500. The Balaban J connectivity index is 1.74. The average Bonchev–Trinajstić information content (AvgIpc) is 2.42. The summed E-state index contributed by atoms with van der Waals surface area (Å²) in [6.45, 7) is 5.36. The van der Waals surface area contributed by atoms with E-state index < -0.39 is 6.09 Å². The molecule has 6 heteroatoms. The van der Waals surface area contributed by atoms with Crippen LogP contribution in [0, 0.1) is 0 Å². The topological polar surface area (TPSA) is 53.0 Å². The Labute approximate surface area is 127 Å². The van der Waals surface area contributed by atoms with Gasteiger partial charge in [-0.2, -0.15) is 0 Å². The van der Waals surface area contributed by atoms with Gasteiger partial charge in [0.05, 0.1) is 0 Å². The first-order valence-corrected chi connectivity index (χ1v) is 7.46. The maximum absolute atomic E-state index is 10.9. The summed E-state index contributed by atoms with van der Waals surface area (Å²) in [5.41, 5.74) is 0. The highest BCUT2D eigenvalue weighted by atomic mass is 79.9. The minimum Gasteiger partial charge on any atom is -0.492 e. The first kappa shape index (κ1) is 15.1. The number of piperazine rings is 1. The molecule has 1 amide bonds. The monoisotopic (exact) mass is 342 g/mol. The molecule has 1 fully saturated rings. The minimum absolute atomic E-state index is 0.230. The molecule has 0 aliphatic carbocycles. The van der Waals surface area contributed by atoms with Crippen molar-refractivity contribution in [2.75, 3.05) is 32.8 Å². The second-order valence-electron chi connectivity index (χ2n) is 4.92. The second kappa shape index (κ2) is 6.95. The number of hydrogen-bond acceptors (Lipinski definition) is 3. The summed E-state index contributed by atoms with van der Waals surface area (Å²) in [4.78, 5) is 14.6. The van der Waals surface area contributed by atoms with Crippen LogP contribution in [0.3, 0.4) is 0 Å². The Bertz CT molecular complexity index is 452. The van der Waals surface area contributed by atoms with E-state index in [1.165, 1.54) is 4.90 Å². The van der Waals surface area contributed by atoms with Crippen molar-refractivity contribution in [3.8, 4) is 5.75 Å². The highest BCUT2D eigenvalue weighted by Gasteiger charge is 2.25. The summed E-state index contributed by atoms with van der Waals surface area (Å²) in [5, 5.41) is 8.97. The van der Waals surface area contributed by atoms with Crippen LogP contribution in [-0.2, 0) is 0 Å². The molecular formula is C14H19BrN2O3. The summed E-state index contributed by atoms with van der Waals surface area (Å²) >= 11 is 3.38. The van der Waals surface area contributed by atoms with Crippen LogP contribution in [0.4, 0.5) is 4.79 Å². The van der Waals surface area contributed by atoms with E-state index in [2.05, 4.69) is 27.8 Å². The number of hydrogen-bond donors (Lipinski definition) is 1. The number of rotatable bonds is 4. The number of benzene rings is 1. The molecule has 1 heterocycles. The van der Waals surface area contributed by atoms with Crippen LogP contribution in [0.5, 0.6) is 5.75 Å². The zero-order chi connectivity index (χ0) is 14.5. The maximum Gasteiger partial charge on any atom is 0.407 e. The van der Waals surface area contributed by atoms with Crippen molar-refractivity contribution >= 4 is 22.0 Å². The summed E-state index contributed by atoms with van der Waals surface area (Å²) in [6, 6.07) is 7.98. The third kappa shape index (κ3) is 4.11. The Hall–Kier alpha value is -1.27. The van der Waals surface area contributed by atoms with Gasteiger partial charge in [0, 0.05) is 36.7 Å². The lowest BCUT2D eigenvalue weighted by molar-refractivity contribution is 0.0672. The minimum atomic E-state index is -0.831. The van der Waals surface area contributed by atoms with Crippen molar-refractivity contribution in [2.45, 2.75) is 13.0 Å². The van der Waals surface area contributed by atoms with Gasteiger partial charge in [0.15, 0.2) is 0 Å². The van der Waals surface area contributed by atoms with Crippen LogP contribution in [0.2, 0.25) is 0 Å². The fourth-order valence-electron chi connectivity index (χ4n) is 2.31. The third-order valence-corrected chi connectivity index (χ3v) is 4.03. The van der Waals surface area contributed by atoms with E-state index in [1.807, 2.05) is 24.3 Å². The van der Waals surface area contributed by atoms with Crippen molar-refractivity contribution in [3.63, 3.8) is 0 Å². The number of amides is 1. The first-order valence-electron chi connectivity index (χ1n) is 6.66. The molecule has 2 rings (SSSR count). The van der Waals surface area contributed by atoms with Crippen molar-refractivity contribution in [1.29, 1.82) is 0 Å². The predicted octanol–water partition coefficient (Wildman–Crippen LogP) is 2.51. The molecule has 0 bridgehead atoms. The van der Waals surface area contributed by atoms with Gasteiger partial charge in [0.25, 0.3) is 0 Å². The quantitative estimate of drug-likeness (QED) is 0.913. The Morgan fingerprint density at radius 3 is 2.70 bits per heavy atom. The highest BCUT2D eigenvalue weighted by Crippen LogP contribution is 2.16. The van der Waals surface area contributed by atoms with Crippen molar-refractivity contribution in [2.24, 2.45) is 0 Å². The van der Waals surface area contributed by atoms with Gasteiger partial charge in [-0.15, -0.1) is 0 Å². The molecule has 0 saturated carbocycles. The van der Waals surface area contributed by atoms with Gasteiger partial charge in [-0.1, -0.05) is 15.9 Å². The lowest BCUT2D eigenvalue weighted by atomic mass is 10.2. The molecule has 1 N–H and O–H groups in total. The van der Waals surface area contributed by atoms with E-state index in [-0.39, 0.29) is 6.04 Å². The number of nitrogens with zero attached hydrogens (tertiary/aromatic N) is 2. The molecule has 5 nitrogen and oxygen atoms in total. The molecule has 1 atom stereocenters. The molecule has 1 aliphatic heterocycles. The number of halogens is 1. The van der Waals surface area contributed by atoms with Crippen LogP contribution in [-0.4, -0.2) is 59.8 Å².